The molecule has 2 saturated heterocycles. The molecule has 7 nitrogen and oxygen atoms in total. The summed E-state index contributed by atoms with van der Waals surface area (Å²) in [5.41, 5.74) is 1.41. The fraction of sp³-hybridized carbons (Fsp3) is 0.417. The molecule has 0 aliphatic carbocycles. The lowest BCUT2D eigenvalue weighted by atomic mass is 10.00. The molecule has 4 rings (SSSR count). The van der Waals surface area contributed by atoms with Crippen molar-refractivity contribution in [3.05, 3.63) is 59.8 Å². The zero-order chi connectivity index (χ0) is 21.6. The number of aromatic nitrogens is 1. The van der Waals surface area contributed by atoms with Gasteiger partial charge in [-0.25, -0.2) is 4.98 Å². The Labute approximate surface area is 182 Å². The molecule has 2 fully saturated rings. The Bertz CT molecular complexity index is 971. The Morgan fingerprint density at radius 2 is 1.81 bits per heavy atom. The highest BCUT2D eigenvalue weighted by Crippen LogP contribution is 2.28. The third-order valence-electron chi connectivity index (χ3n) is 6.04. The van der Waals surface area contributed by atoms with Crippen LogP contribution < -0.4 is 4.90 Å². The van der Waals surface area contributed by atoms with E-state index >= 15 is 0 Å². The smallest absolute Gasteiger partial charge is 0.250 e. The maximum atomic E-state index is 13.7. The van der Waals surface area contributed by atoms with E-state index < -0.39 is 6.04 Å². The van der Waals surface area contributed by atoms with Crippen molar-refractivity contribution in [2.75, 3.05) is 37.6 Å². The van der Waals surface area contributed by atoms with Gasteiger partial charge in [-0.2, -0.15) is 5.26 Å². The van der Waals surface area contributed by atoms with Crippen LogP contribution in [0.5, 0.6) is 0 Å². The number of piperidine rings is 1. The Morgan fingerprint density at radius 3 is 2.58 bits per heavy atom. The first-order valence-electron chi connectivity index (χ1n) is 10.9. The molecule has 0 radical (unpaired) electrons. The molecule has 2 amide bonds. The molecule has 1 atom stereocenters. The van der Waals surface area contributed by atoms with Crippen LogP contribution in [-0.4, -0.2) is 59.3 Å². The average molecular weight is 418 g/mol. The molecule has 31 heavy (non-hydrogen) atoms. The maximum absolute atomic E-state index is 13.7. The van der Waals surface area contributed by atoms with E-state index in [-0.39, 0.29) is 11.8 Å². The van der Waals surface area contributed by atoms with Gasteiger partial charge in [0, 0.05) is 45.3 Å². The van der Waals surface area contributed by atoms with Crippen LogP contribution >= 0.6 is 0 Å². The number of benzene rings is 1. The first kappa shape index (κ1) is 20.9. The number of rotatable bonds is 4. The SMILES string of the molecule is N#Cc1cccnc1N1CCCN(C(=O)C(c2ccccc2)N2CCCCC2=O)CC1. The van der Waals surface area contributed by atoms with Crippen molar-refractivity contribution in [3.8, 4) is 6.07 Å². The molecule has 160 valence electrons. The standard InChI is InChI=1S/C24H27N5O2/c25-18-20-10-6-12-26-23(20)27-13-7-14-28(17-16-27)24(31)22(19-8-2-1-3-9-19)29-15-5-4-11-21(29)30/h1-3,6,8-10,12,22H,4-5,7,11,13-17H2. The van der Waals surface area contributed by atoms with Crippen molar-refractivity contribution in [1.29, 1.82) is 5.26 Å². The molecule has 1 aromatic carbocycles. The minimum absolute atomic E-state index is 0.0233. The second-order valence-corrected chi connectivity index (χ2v) is 8.01. The van der Waals surface area contributed by atoms with Crippen molar-refractivity contribution in [2.45, 2.75) is 31.7 Å². The molecule has 0 N–H and O–H groups in total. The van der Waals surface area contributed by atoms with E-state index in [1.54, 1.807) is 23.2 Å². The maximum Gasteiger partial charge on any atom is 0.250 e. The molecule has 7 heteroatoms. The third kappa shape index (κ3) is 4.53. The number of hydrogen-bond donors (Lipinski definition) is 0. The number of pyridine rings is 1. The van der Waals surface area contributed by atoms with Gasteiger partial charge in [-0.3, -0.25) is 9.59 Å². The number of hydrogen-bond acceptors (Lipinski definition) is 5. The van der Waals surface area contributed by atoms with Crippen LogP contribution in [0.3, 0.4) is 0 Å². The highest BCUT2D eigenvalue weighted by molar-refractivity contribution is 5.89. The van der Waals surface area contributed by atoms with Crippen molar-refractivity contribution in [2.24, 2.45) is 0 Å². The van der Waals surface area contributed by atoms with Gasteiger partial charge in [0.05, 0.1) is 5.56 Å². The van der Waals surface area contributed by atoms with Gasteiger partial charge in [-0.05, 0) is 37.0 Å². The fourth-order valence-corrected chi connectivity index (χ4v) is 4.45. The van der Waals surface area contributed by atoms with E-state index in [9.17, 15) is 14.9 Å². The lowest BCUT2D eigenvalue weighted by molar-refractivity contribution is -0.147. The third-order valence-corrected chi connectivity index (χ3v) is 6.04. The number of nitrogens with zero attached hydrogens (tertiary/aromatic N) is 5. The summed E-state index contributed by atoms with van der Waals surface area (Å²) in [6.45, 7) is 3.10. The molecule has 2 aliphatic heterocycles. The van der Waals surface area contributed by atoms with E-state index in [2.05, 4.69) is 16.0 Å². The van der Waals surface area contributed by atoms with Crippen LogP contribution in [0.25, 0.3) is 0 Å². The topological polar surface area (TPSA) is 80.5 Å². The molecule has 2 aromatic rings. The van der Waals surface area contributed by atoms with Gasteiger partial charge in [0.2, 0.25) is 11.8 Å². The largest absolute Gasteiger partial charge is 0.354 e. The fourth-order valence-electron chi connectivity index (χ4n) is 4.45. The van der Waals surface area contributed by atoms with E-state index in [0.29, 0.717) is 44.0 Å². The molecule has 0 spiro atoms. The first-order chi connectivity index (χ1) is 15.2. The number of nitriles is 1. The van der Waals surface area contributed by atoms with Crippen LogP contribution in [0, 0.1) is 11.3 Å². The van der Waals surface area contributed by atoms with Gasteiger partial charge in [-0.15, -0.1) is 0 Å². The predicted octanol–water partition coefficient (Wildman–Crippen LogP) is 2.75. The first-order valence-corrected chi connectivity index (χ1v) is 10.9. The van der Waals surface area contributed by atoms with Gasteiger partial charge < -0.3 is 14.7 Å². The van der Waals surface area contributed by atoms with Crippen LogP contribution in [0.2, 0.25) is 0 Å². The van der Waals surface area contributed by atoms with Crippen molar-refractivity contribution < 1.29 is 9.59 Å². The Kier molecular flexibility index (Phi) is 6.46. The lowest BCUT2D eigenvalue weighted by Crippen LogP contribution is -2.48. The molecule has 0 saturated carbocycles. The van der Waals surface area contributed by atoms with E-state index in [4.69, 9.17) is 0 Å². The molecule has 1 unspecified atom stereocenters. The van der Waals surface area contributed by atoms with Crippen molar-refractivity contribution >= 4 is 17.6 Å². The zero-order valence-corrected chi connectivity index (χ0v) is 17.6. The average Bonchev–Trinajstić information content (AvgIpc) is 3.07. The monoisotopic (exact) mass is 417 g/mol. The molecular weight excluding hydrogens is 390 g/mol. The molecule has 1 aromatic heterocycles. The number of anilines is 1. The van der Waals surface area contributed by atoms with Crippen LogP contribution in [0.1, 0.15) is 42.9 Å². The van der Waals surface area contributed by atoms with E-state index in [0.717, 1.165) is 31.4 Å². The molecule has 3 heterocycles. The van der Waals surface area contributed by atoms with Crippen molar-refractivity contribution in [1.82, 2.24) is 14.8 Å². The summed E-state index contributed by atoms with van der Waals surface area (Å²) >= 11 is 0. The number of amides is 2. The molecular formula is C24H27N5O2. The summed E-state index contributed by atoms with van der Waals surface area (Å²) in [7, 11) is 0. The minimum atomic E-state index is -0.579. The van der Waals surface area contributed by atoms with Gasteiger partial charge >= 0.3 is 0 Å². The Balaban J connectivity index is 1.55. The van der Waals surface area contributed by atoms with E-state index in [1.807, 2.05) is 35.2 Å². The molecule has 0 bridgehead atoms. The summed E-state index contributed by atoms with van der Waals surface area (Å²) in [5.74, 6) is 0.701. The van der Waals surface area contributed by atoms with Crippen LogP contribution in [0.4, 0.5) is 5.82 Å². The Hall–Kier alpha value is -3.40. The van der Waals surface area contributed by atoms with E-state index in [1.165, 1.54) is 0 Å². The predicted molar refractivity (Wildman–Crippen MR) is 117 cm³/mol. The highest BCUT2D eigenvalue weighted by Gasteiger charge is 2.35. The van der Waals surface area contributed by atoms with Crippen molar-refractivity contribution in [3.63, 3.8) is 0 Å². The van der Waals surface area contributed by atoms with Crippen LogP contribution in [0.15, 0.2) is 48.7 Å². The van der Waals surface area contributed by atoms with Gasteiger partial charge in [-0.1, -0.05) is 30.3 Å². The number of carbonyl (C=O) groups is 2. The summed E-state index contributed by atoms with van der Waals surface area (Å²) in [6, 6.07) is 14.8. The quantitative estimate of drug-likeness (QED) is 0.764. The Morgan fingerprint density at radius 1 is 0.968 bits per heavy atom. The second-order valence-electron chi connectivity index (χ2n) is 8.01. The van der Waals surface area contributed by atoms with Gasteiger partial charge in [0.1, 0.15) is 17.9 Å². The summed E-state index contributed by atoms with van der Waals surface area (Å²) in [4.78, 5) is 36.5. The second kappa shape index (κ2) is 9.61. The molecule has 2 aliphatic rings. The zero-order valence-electron chi connectivity index (χ0n) is 17.6. The summed E-state index contributed by atoms with van der Waals surface area (Å²) < 4.78 is 0. The van der Waals surface area contributed by atoms with Gasteiger partial charge in [0.25, 0.3) is 0 Å². The summed E-state index contributed by atoms with van der Waals surface area (Å²) in [6.07, 6.45) is 4.78. The normalized spacial score (nSPS) is 18.3. The van der Waals surface area contributed by atoms with Gasteiger partial charge in [0.15, 0.2) is 0 Å². The summed E-state index contributed by atoms with van der Waals surface area (Å²) in [5, 5.41) is 9.41. The highest BCUT2D eigenvalue weighted by atomic mass is 16.2. The lowest BCUT2D eigenvalue weighted by Gasteiger charge is -2.37. The number of carbonyl (C=O) groups excluding carboxylic acids is 2. The number of likely N-dealkylation sites (tertiary alicyclic amines) is 1. The van der Waals surface area contributed by atoms with Crippen LogP contribution in [-0.2, 0) is 9.59 Å². The minimum Gasteiger partial charge on any atom is -0.354 e.